The normalized spacial score (nSPS) is 17.8. The maximum absolute atomic E-state index is 5.87. The molecular weight excluding hydrogens is 314 g/mol. The Bertz CT molecular complexity index is 615. The van der Waals surface area contributed by atoms with Crippen molar-refractivity contribution in [3.63, 3.8) is 0 Å². The predicted octanol–water partition coefficient (Wildman–Crippen LogP) is 3.63. The van der Waals surface area contributed by atoms with E-state index < -0.39 is 0 Å². The van der Waals surface area contributed by atoms with E-state index in [0.29, 0.717) is 18.2 Å². The second kappa shape index (κ2) is 7.57. The molecular formula is C18H20ClNO3. The van der Waals surface area contributed by atoms with Gasteiger partial charge in [0.05, 0.1) is 13.7 Å². The van der Waals surface area contributed by atoms with Gasteiger partial charge in [0.1, 0.15) is 24.2 Å². The first kappa shape index (κ1) is 16.0. The van der Waals surface area contributed by atoms with Crippen LogP contribution in [0.2, 0.25) is 5.02 Å². The smallest absolute Gasteiger partial charge is 0.119 e. The molecule has 1 aliphatic heterocycles. The summed E-state index contributed by atoms with van der Waals surface area (Å²) in [6, 6.07) is 15.5. The number of hydrogen-bond acceptors (Lipinski definition) is 4. The Morgan fingerprint density at radius 1 is 1.09 bits per heavy atom. The largest absolute Gasteiger partial charge is 0.497 e. The zero-order valence-corrected chi connectivity index (χ0v) is 13.8. The fourth-order valence-corrected chi connectivity index (χ4v) is 2.69. The van der Waals surface area contributed by atoms with Gasteiger partial charge in [-0.05, 0) is 48.5 Å². The Labute approximate surface area is 141 Å². The predicted molar refractivity (Wildman–Crippen MR) is 91.9 cm³/mol. The lowest BCUT2D eigenvalue weighted by molar-refractivity contribution is 0.0103. The van der Waals surface area contributed by atoms with E-state index >= 15 is 0 Å². The van der Waals surface area contributed by atoms with Crippen molar-refractivity contribution in [1.29, 1.82) is 0 Å². The number of morpholine rings is 1. The molecule has 4 nitrogen and oxygen atoms in total. The molecule has 0 aromatic heterocycles. The molecule has 1 fully saturated rings. The van der Waals surface area contributed by atoms with Crippen molar-refractivity contribution in [3.05, 3.63) is 53.6 Å². The first-order valence-electron chi connectivity index (χ1n) is 7.63. The maximum atomic E-state index is 5.87. The fraction of sp³-hybridized carbons (Fsp3) is 0.333. The van der Waals surface area contributed by atoms with Crippen molar-refractivity contribution < 1.29 is 14.2 Å². The van der Waals surface area contributed by atoms with E-state index in [-0.39, 0.29) is 6.10 Å². The molecule has 1 atom stereocenters. The molecule has 0 spiro atoms. The second-order valence-electron chi connectivity index (χ2n) is 5.40. The Hall–Kier alpha value is -1.91. The van der Waals surface area contributed by atoms with Crippen LogP contribution < -0.4 is 14.4 Å². The average Bonchev–Trinajstić information content (AvgIpc) is 2.61. The minimum Gasteiger partial charge on any atom is -0.497 e. The molecule has 1 saturated heterocycles. The van der Waals surface area contributed by atoms with E-state index in [9.17, 15) is 0 Å². The number of hydrogen-bond donors (Lipinski definition) is 0. The summed E-state index contributed by atoms with van der Waals surface area (Å²) in [5.74, 6) is 1.67. The SMILES string of the molecule is COc1ccc(N2CCOC(COc3ccc(Cl)cc3)C2)cc1. The summed E-state index contributed by atoms with van der Waals surface area (Å²) in [6.45, 7) is 2.90. The van der Waals surface area contributed by atoms with Crippen molar-refractivity contribution >= 4 is 17.3 Å². The van der Waals surface area contributed by atoms with Gasteiger partial charge in [0.25, 0.3) is 0 Å². The summed E-state index contributed by atoms with van der Waals surface area (Å²) in [5.41, 5.74) is 1.17. The van der Waals surface area contributed by atoms with Gasteiger partial charge in [-0.15, -0.1) is 0 Å². The molecule has 2 aromatic carbocycles. The van der Waals surface area contributed by atoms with Crippen LogP contribution in [0.25, 0.3) is 0 Å². The third kappa shape index (κ3) is 4.30. The molecule has 0 bridgehead atoms. The quantitative estimate of drug-likeness (QED) is 0.836. The van der Waals surface area contributed by atoms with Crippen LogP contribution in [0.15, 0.2) is 48.5 Å². The molecule has 122 valence electrons. The standard InChI is InChI=1S/C18H20ClNO3/c1-21-16-8-4-15(5-9-16)20-10-11-22-18(12-20)13-23-17-6-2-14(19)3-7-17/h2-9,18H,10-13H2,1H3. The monoisotopic (exact) mass is 333 g/mol. The number of rotatable bonds is 5. The summed E-state index contributed by atoms with van der Waals surface area (Å²) < 4.78 is 16.8. The minimum absolute atomic E-state index is 0.0431. The van der Waals surface area contributed by atoms with E-state index in [4.69, 9.17) is 25.8 Å². The molecule has 0 radical (unpaired) electrons. The number of nitrogens with zero attached hydrogens (tertiary/aromatic N) is 1. The molecule has 0 aliphatic carbocycles. The van der Waals surface area contributed by atoms with Crippen LogP contribution in [-0.2, 0) is 4.74 Å². The summed E-state index contributed by atoms with van der Waals surface area (Å²) in [6.07, 6.45) is 0.0431. The number of methoxy groups -OCH3 is 1. The van der Waals surface area contributed by atoms with Gasteiger partial charge in [0.15, 0.2) is 0 Å². The maximum Gasteiger partial charge on any atom is 0.119 e. The molecule has 0 N–H and O–H groups in total. The van der Waals surface area contributed by atoms with Gasteiger partial charge in [-0.1, -0.05) is 11.6 Å². The van der Waals surface area contributed by atoms with Gasteiger partial charge in [0, 0.05) is 23.8 Å². The molecule has 1 unspecified atom stereocenters. The van der Waals surface area contributed by atoms with Gasteiger partial charge in [-0.2, -0.15) is 0 Å². The number of ether oxygens (including phenoxy) is 3. The minimum atomic E-state index is 0.0431. The van der Waals surface area contributed by atoms with Gasteiger partial charge < -0.3 is 19.1 Å². The summed E-state index contributed by atoms with van der Waals surface area (Å²) in [7, 11) is 1.67. The lowest BCUT2D eigenvalue weighted by Gasteiger charge is -2.34. The Morgan fingerprint density at radius 2 is 1.78 bits per heavy atom. The zero-order chi connectivity index (χ0) is 16.1. The van der Waals surface area contributed by atoms with E-state index in [0.717, 1.165) is 24.6 Å². The number of anilines is 1. The summed E-state index contributed by atoms with van der Waals surface area (Å²) >= 11 is 5.87. The van der Waals surface area contributed by atoms with E-state index in [1.54, 1.807) is 7.11 Å². The van der Waals surface area contributed by atoms with Crippen molar-refractivity contribution in [2.75, 3.05) is 38.3 Å². The lowest BCUT2D eigenvalue weighted by Crippen LogP contribution is -2.45. The Morgan fingerprint density at radius 3 is 2.48 bits per heavy atom. The summed E-state index contributed by atoms with van der Waals surface area (Å²) in [5, 5.41) is 0.706. The van der Waals surface area contributed by atoms with Gasteiger partial charge in [0.2, 0.25) is 0 Å². The van der Waals surface area contributed by atoms with Gasteiger partial charge >= 0.3 is 0 Å². The van der Waals surface area contributed by atoms with Crippen LogP contribution in [0.1, 0.15) is 0 Å². The van der Waals surface area contributed by atoms with Crippen molar-refractivity contribution in [1.82, 2.24) is 0 Å². The highest BCUT2D eigenvalue weighted by Crippen LogP contribution is 2.22. The summed E-state index contributed by atoms with van der Waals surface area (Å²) in [4.78, 5) is 2.30. The zero-order valence-electron chi connectivity index (χ0n) is 13.1. The topological polar surface area (TPSA) is 30.9 Å². The van der Waals surface area contributed by atoms with Gasteiger partial charge in [-0.3, -0.25) is 0 Å². The second-order valence-corrected chi connectivity index (χ2v) is 5.84. The van der Waals surface area contributed by atoms with E-state index in [1.165, 1.54) is 5.69 Å². The Balaban J connectivity index is 1.56. The van der Waals surface area contributed by atoms with Crippen molar-refractivity contribution in [2.24, 2.45) is 0 Å². The first-order valence-corrected chi connectivity index (χ1v) is 8.01. The molecule has 3 rings (SSSR count). The first-order chi connectivity index (χ1) is 11.2. The number of benzene rings is 2. The number of halogens is 1. The highest BCUT2D eigenvalue weighted by molar-refractivity contribution is 6.30. The molecule has 0 amide bonds. The molecule has 1 aliphatic rings. The van der Waals surface area contributed by atoms with Crippen molar-refractivity contribution in [2.45, 2.75) is 6.10 Å². The van der Waals surface area contributed by atoms with E-state index in [2.05, 4.69) is 17.0 Å². The average molecular weight is 334 g/mol. The van der Waals surface area contributed by atoms with Crippen LogP contribution >= 0.6 is 11.6 Å². The fourth-order valence-electron chi connectivity index (χ4n) is 2.57. The third-order valence-corrected chi connectivity index (χ3v) is 4.08. The molecule has 2 aromatic rings. The molecule has 1 heterocycles. The van der Waals surface area contributed by atoms with Crippen LogP contribution in [0.3, 0.4) is 0 Å². The molecule has 23 heavy (non-hydrogen) atoms. The third-order valence-electron chi connectivity index (χ3n) is 3.83. The van der Waals surface area contributed by atoms with E-state index in [1.807, 2.05) is 36.4 Å². The van der Waals surface area contributed by atoms with Crippen LogP contribution in [0.5, 0.6) is 11.5 Å². The Kier molecular flexibility index (Phi) is 5.26. The van der Waals surface area contributed by atoms with Crippen LogP contribution in [0.4, 0.5) is 5.69 Å². The van der Waals surface area contributed by atoms with Crippen LogP contribution in [-0.4, -0.2) is 39.5 Å². The lowest BCUT2D eigenvalue weighted by atomic mass is 10.2. The molecule has 5 heteroatoms. The highest BCUT2D eigenvalue weighted by atomic mass is 35.5. The van der Waals surface area contributed by atoms with Crippen LogP contribution in [0, 0.1) is 0 Å². The van der Waals surface area contributed by atoms with Crippen molar-refractivity contribution in [3.8, 4) is 11.5 Å². The highest BCUT2D eigenvalue weighted by Gasteiger charge is 2.21. The molecule has 0 saturated carbocycles. The van der Waals surface area contributed by atoms with Gasteiger partial charge in [-0.25, -0.2) is 0 Å².